The zero-order valence-corrected chi connectivity index (χ0v) is 18.2. The van der Waals surface area contributed by atoms with Gasteiger partial charge in [-0.05, 0) is 31.6 Å². The summed E-state index contributed by atoms with van der Waals surface area (Å²) in [6, 6.07) is 0. The maximum absolute atomic E-state index is 12.3. The highest BCUT2D eigenvalue weighted by molar-refractivity contribution is 7.90. The molecule has 3 rings (SSSR count). The van der Waals surface area contributed by atoms with Gasteiger partial charge in [0.2, 0.25) is 11.9 Å². The molecule has 2 fully saturated rings. The quantitative estimate of drug-likeness (QED) is 0.761. The number of aromatic nitrogens is 2. The normalized spacial score (nSPS) is 22.0. The first-order chi connectivity index (χ1) is 13.2. The molecule has 2 aliphatic heterocycles. The Labute approximate surface area is 168 Å². The molecule has 8 heteroatoms. The van der Waals surface area contributed by atoms with Crippen molar-refractivity contribution in [3.05, 3.63) is 11.9 Å². The Kier molecular flexibility index (Phi) is 6.27. The summed E-state index contributed by atoms with van der Waals surface area (Å²) in [7, 11) is -3.41. The summed E-state index contributed by atoms with van der Waals surface area (Å²) in [6.45, 7) is 9.14. The van der Waals surface area contributed by atoms with Crippen molar-refractivity contribution in [3.63, 3.8) is 0 Å². The lowest BCUT2D eigenvalue weighted by Gasteiger charge is -2.34. The largest absolute Gasteiger partial charge is 0.342 e. The van der Waals surface area contributed by atoms with Crippen molar-refractivity contribution in [3.8, 4) is 0 Å². The van der Waals surface area contributed by atoms with E-state index in [-0.39, 0.29) is 22.6 Å². The van der Waals surface area contributed by atoms with E-state index in [9.17, 15) is 13.2 Å². The highest BCUT2D eigenvalue weighted by Gasteiger charge is 2.30. The predicted octanol–water partition coefficient (Wildman–Crippen LogP) is 2.48. The molecular weight excluding hydrogens is 376 g/mol. The van der Waals surface area contributed by atoms with Gasteiger partial charge < -0.3 is 9.80 Å². The van der Waals surface area contributed by atoms with E-state index in [1.54, 1.807) is 0 Å². The van der Waals surface area contributed by atoms with Crippen LogP contribution in [0.15, 0.2) is 11.1 Å². The molecular formula is C20H32N4O3S. The molecule has 3 heterocycles. The van der Waals surface area contributed by atoms with Crippen LogP contribution in [0.1, 0.15) is 58.1 Å². The van der Waals surface area contributed by atoms with Crippen molar-refractivity contribution in [1.82, 2.24) is 14.9 Å². The maximum Gasteiger partial charge on any atom is 0.225 e. The second-order valence-corrected chi connectivity index (χ2v) is 10.6. The number of piperidine rings is 2. The van der Waals surface area contributed by atoms with Crippen molar-refractivity contribution in [2.75, 3.05) is 37.3 Å². The summed E-state index contributed by atoms with van der Waals surface area (Å²) in [5.74, 6) is 1.39. The van der Waals surface area contributed by atoms with E-state index in [4.69, 9.17) is 4.98 Å². The van der Waals surface area contributed by atoms with E-state index in [1.165, 1.54) is 18.9 Å². The van der Waals surface area contributed by atoms with Gasteiger partial charge in [0.15, 0.2) is 9.84 Å². The van der Waals surface area contributed by atoms with Gasteiger partial charge >= 0.3 is 0 Å². The number of likely N-dealkylation sites (tertiary alicyclic amines) is 1. The molecule has 0 aliphatic carbocycles. The lowest BCUT2D eigenvalue weighted by molar-refractivity contribution is -0.135. The van der Waals surface area contributed by atoms with Gasteiger partial charge in [-0.25, -0.2) is 18.4 Å². The lowest BCUT2D eigenvalue weighted by Crippen LogP contribution is -2.40. The number of amides is 1. The van der Waals surface area contributed by atoms with E-state index in [2.05, 4.69) is 16.8 Å². The highest BCUT2D eigenvalue weighted by Crippen LogP contribution is 2.33. The van der Waals surface area contributed by atoms with Crippen LogP contribution in [0, 0.1) is 11.8 Å². The van der Waals surface area contributed by atoms with Crippen LogP contribution in [0.25, 0.3) is 0 Å². The molecule has 156 valence electrons. The summed E-state index contributed by atoms with van der Waals surface area (Å²) >= 11 is 0. The van der Waals surface area contributed by atoms with Crippen LogP contribution in [-0.4, -0.2) is 61.6 Å². The zero-order chi connectivity index (χ0) is 20.5. The number of sulfone groups is 1. The fourth-order valence-electron chi connectivity index (χ4n) is 4.21. The van der Waals surface area contributed by atoms with Crippen molar-refractivity contribution < 1.29 is 13.2 Å². The lowest BCUT2D eigenvalue weighted by atomic mass is 9.92. The first-order valence-electron chi connectivity index (χ1n) is 10.3. The second kappa shape index (κ2) is 8.35. The van der Waals surface area contributed by atoms with Crippen LogP contribution in [0.5, 0.6) is 0 Å². The van der Waals surface area contributed by atoms with Crippen molar-refractivity contribution >= 4 is 21.7 Å². The summed E-state index contributed by atoms with van der Waals surface area (Å²) in [5.41, 5.74) is 0.627. The molecule has 7 nitrogen and oxygen atoms in total. The van der Waals surface area contributed by atoms with Crippen molar-refractivity contribution in [2.24, 2.45) is 11.8 Å². The fourth-order valence-corrected chi connectivity index (χ4v) is 5.05. The van der Waals surface area contributed by atoms with E-state index < -0.39 is 9.84 Å². The first kappa shape index (κ1) is 21.0. The van der Waals surface area contributed by atoms with Gasteiger partial charge in [0, 0.05) is 44.3 Å². The summed E-state index contributed by atoms with van der Waals surface area (Å²) in [4.78, 5) is 25.7. The fraction of sp³-hybridized carbons (Fsp3) is 0.750. The van der Waals surface area contributed by atoms with E-state index in [0.29, 0.717) is 30.6 Å². The minimum absolute atomic E-state index is 0.0186. The molecule has 1 aromatic rings. The van der Waals surface area contributed by atoms with Gasteiger partial charge in [0.05, 0.1) is 11.9 Å². The number of carbonyl (C=O) groups excluding carboxylic acids is 1. The predicted molar refractivity (Wildman–Crippen MR) is 109 cm³/mol. The van der Waals surface area contributed by atoms with Crippen molar-refractivity contribution in [2.45, 2.75) is 57.3 Å². The van der Waals surface area contributed by atoms with Gasteiger partial charge in [-0.1, -0.05) is 20.8 Å². The number of carbonyl (C=O) groups is 1. The molecule has 1 amide bonds. The van der Waals surface area contributed by atoms with Crippen LogP contribution >= 0.6 is 0 Å². The van der Waals surface area contributed by atoms with Gasteiger partial charge in [-0.3, -0.25) is 4.79 Å². The third kappa shape index (κ3) is 4.64. The standard InChI is InChI=1S/C20H32N4O3S/c1-14(2)19(25)23-10-7-16(8-11-23)18-17(28(4,26)27)12-21-20(22-18)24-9-5-6-15(3)13-24/h12,14-16H,5-11,13H2,1-4H3. The SMILES string of the molecule is CC1CCCN(c2ncc(S(C)(=O)=O)c(C3CCN(C(=O)C(C)C)CC3)n2)C1. The summed E-state index contributed by atoms with van der Waals surface area (Å²) in [6.07, 6.45) is 6.46. The molecule has 2 aliphatic rings. The Morgan fingerprint density at radius 1 is 1.18 bits per heavy atom. The summed E-state index contributed by atoms with van der Waals surface area (Å²) in [5, 5.41) is 0. The topological polar surface area (TPSA) is 83.5 Å². The van der Waals surface area contributed by atoms with Crippen LogP contribution in [0.3, 0.4) is 0 Å². The number of hydrogen-bond acceptors (Lipinski definition) is 6. The third-order valence-corrected chi connectivity index (χ3v) is 6.91. The Balaban J connectivity index is 1.86. The Morgan fingerprint density at radius 2 is 1.86 bits per heavy atom. The maximum atomic E-state index is 12.3. The van der Waals surface area contributed by atoms with Gasteiger partial charge in [-0.2, -0.15) is 0 Å². The molecule has 0 aromatic carbocycles. The van der Waals surface area contributed by atoms with E-state index in [1.807, 2.05) is 18.7 Å². The van der Waals surface area contributed by atoms with Crippen LogP contribution in [0.2, 0.25) is 0 Å². The number of anilines is 1. The van der Waals surface area contributed by atoms with E-state index in [0.717, 1.165) is 32.4 Å². The summed E-state index contributed by atoms with van der Waals surface area (Å²) < 4.78 is 24.7. The number of hydrogen-bond donors (Lipinski definition) is 0. The van der Waals surface area contributed by atoms with Gasteiger partial charge in [-0.15, -0.1) is 0 Å². The molecule has 0 radical (unpaired) electrons. The molecule has 28 heavy (non-hydrogen) atoms. The third-order valence-electron chi connectivity index (χ3n) is 5.80. The highest BCUT2D eigenvalue weighted by atomic mass is 32.2. The van der Waals surface area contributed by atoms with Crippen molar-refractivity contribution in [1.29, 1.82) is 0 Å². The number of rotatable bonds is 4. The van der Waals surface area contributed by atoms with Gasteiger partial charge in [0.1, 0.15) is 4.90 Å². The molecule has 0 spiro atoms. The minimum Gasteiger partial charge on any atom is -0.342 e. The molecule has 0 N–H and O–H groups in total. The first-order valence-corrected chi connectivity index (χ1v) is 12.2. The molecule has 0 saturated carbocycles. The van der Waals surface area contributed by atoms with Crippen LogP contribution in [-0.2, 0) is 14.6 Å². The average Bonchev–Trinajstić information content (AvgIpc) is 2.66. The molecule has 2 saturated heterocycles. The van der Waals surface area contributed by atoms with Crippen LogP contribution < -0.4 is 4.90 Å². The Hall–Kier alpha value is -1.70. The molecule has 0 bridgehead atoms. The minimum atomic E-state index is -3.41. The zero-order valence-electron chi connectivity index (χ0n) is 17.4. The van der Waals surface area contributed by atoms with E-state index >= 15 is 0 Å². The smallest absolute Gasteiger partial charge is 0.225 e. The molecule has 1 atom stereocenters. The van der Waals surface area contributed by atoms with Crippen LogP contribution in [0.4, 0.5) is 5.95 Å². The number of nitrogens with zero attached hydrogens (tertiary/aromatic N) is 4. The average molecular weight is 409 g/mol. The molecule has 1 unspecified atom stereocenters. The second-order valence-electron chi connectivity index (χ2n) is 8.64. The Bertz CT molecular complexity index is 817. The van der Waals surface area contributed by atoms with Gasteiger partial charge in [0.25, 0.3) is 0 Å². The Morgan fingerprint density at radius 3 is 2.43 bits per heavy atom. The molecule has 1 aromatic heterocycles. The monoisotopic (exact) mass is 408 g/mol.